The minimum absolute atomic E-state index is 0.415. The van der Waals surface area contributed by atoms with E-state index in [9.17, 15) is 5.11 Å². The summed E-state index contributed by atoms with van der Waals surface area (Å²) >= 11 is 0. The number of ether oxygens (including phenoxy) is 1. The van der Waals surface area contributed by atoms with Gasteiger partial charge in [-0.15, -0.1) is 0 Å². The second-order valence-corrected chi connectivity index (χ2v) is 8.10. The van der Waals surface area contributed by atoms with Gasteiger partial charge in [-0.05, 0) is 31.5 Å². The quantitative estimate of drug-likeness (QED) is 0.907. The highest BCUT2D eigenvalue weighted by molar-refractivity contribution is 5.69. The smallest absolute Gasteiger partial charge is 0.152 e. The Balaban J connectivity index is 1.53. The Morgan fingerprint density at radius 1 is 1.35 bits per heavy atom. The van der Waals surface area contributed by atoms with Crippen LogP contribution in [0.1, 0.15) is 37.3 Å². The first-order valence-electron chi connectivity index (χ1n) is 9.71. The highest BCUT2D eigenvalue weighted by atomic mass is 16.5. The predicted molar refractivity (Wildman–Crippen MR) is 103 cm³/mol. The zero-order valence-electron chi connectivity index (χ0n) is 15.9. The van der Waals surface area contributed by atoms with Crippen molar-refractivity contribution in [2.24, 2.45) is 0 Å². The van der Waals surface area contributed by atoms with Crippen molar-refractivity contribution in [3.63, 3.8) is 0 Å². The van der Waals surface area contributed by atoms with Gasteiger partial charge in [-0.1, -0.05) is 0 Å². The van der Waals surface area contributed by atoms with Gasteiger partial charge in [0.1, 0.15) is 0 Å². The summed E-state index contributed by atoms with van der Waals surface area (Å²) in [5.41, 5.74) is 1.70. The molecule has 2 aromatic rings. The molecule has 0 bridgehead atoms. The molecule has 0 saturated carbocycles. The molecule has 2 aromatic heterocycles. The lowest BCUT2D eigenvalue weighted by atomic mass is 9.90. The Kier molecular flexibility index (Phi) is 4.90. The van der Waals surface area contributed by atoms with Gasteiger partial charge >= 0.3 is 0 Å². The molecule has 6 nitrogen and oxygen atoms in total. The molecular formula is C20H30N4O2. The van der Waals surface area contributed by atoms with Crippen LogP contribution in [0.2, 0.25) is 0 Å². The highest BCUT2D eigenvalue weighted by Crippen LogP contribution is 2.31. The van der Waals surface area contributed by atoms with Crippen LogP contribution in [0.15, 0.2) is 24.5 Å². The normalized spacial score (nSPS) is 24.0. The number of aliphatic hydroxyl groups is 1. The van der Waals surface area contributed by atoms with Crippen LogP contribution in [0.4, 0.5) is 5.82 Å². The van der Waals surface area contributed by atoms with E-state index in [1.165, 1.54) is 0 Å². The van der Waals surface area contributed by atoms with Crippen molar-refractivity contribution in [2.75, 3.05) is 51.8 Å². The van der Waals surface area contributed by atoms with Crippen LogP contribution in [0.25, 0.3) is 5.52 Å². The Bertz CT molecular complexity index is 751. The van der Waals surface area contributed by atoms with Crippen molar-refractivity contribution in [2.45, 2.75) is 37.2 Å². The van der Waals surface area contributed by atoms with E-state index in [1.807, 2.05) is 14.1 Å². The Morgan fingerprint density at radius 3 is 2.92 bits per heavy atom. The number of likely N-dealkylation sites (tertiary alicyclic amines) is 1. The van der Waals surface area contributed by atoms with Crippen molar-refractivity contribution in [3.05, 3.63) is 30.2 Å². The lowest BCUT2D eigenvalue weighted by Crippen LogP contribution is -2.49. The minimum Gasteiger partial charge on any atom is -0.388 e. The highest BCUT2D eigenvalue weighted by Gasteiger charge is 2.34. The Hall–Kier alpha value is -1.63. The van der Waals surface area contributed by atoms with Crippen molar-refractivity contribution >= 4 is 11.3 Å². The first kappa shape index (κ1) is 17.8. The van der Waals surface area contributed by atoms with Gasteiger partial charge in [0.05, 0.1) is 16.8 Å². The van der Waals surface area contributed by atoms with Gasteiger partial charge < -0.3 is 19.1 Å². The van der Waals surface area contributed by atoms with Gasteiger partial charge in [0, 0.05) is 71.6 Å². The molecule has 0 amide bonds. The molecule has 6 heteroatoms. The fourth-order valence-electron chi connectivity index (χ4n) is 4.34. The number of nitrogens with zero attached hydrogens (tertiary/aromatic N) is 4. The third kappa shape index (κ3) is 3.59. The second kappa shape index (κ2) is 7.18. The van der Waals surface area contributed by atoms with Crippen LogP contribution >= 0.6 is 0 Å². The molecule has 1 atom stereocenters. The molecule has 1 N–H and O–H groups in total. The van der Waals surface area contributed by atoms with Crippen molar-refractivity contribution in [1.82, 2.24) is 14.3 Å². The Labute approximate surface area is 155 Å². The number of anilines is 1. The minimum atomic E-state index is -0.591. The summed E-state index contributed by atoms with van der Waals surface area (Å²) in [6.07, 6.45) is 8.07. The van der Waals surface area contributed by atoms with Crippen LogP contribution in [0.5, 0.6) is 0 Å². The van der Waals surface area contributed by atoms with E-state index < -0.39 is 5.60 Å². The maximum atomic E-state index is 10.9. The third-order valence-electron chi connectivity index (χ3n) is 5.80. The lowest BCUT2D eigenvalue weighted by molar-refractivity contribution is -0.0824. The number of hydrogen-bond acceptors (Lipinski definition) is 5. The summed E-state index contributed by atoms with van der Waals surface area (Å²) in [5.74, 6) is 1.44. The number of fused-ring (bicyclic) bond motifs is 1. The molecule has 0 unspecified atom stereocenters. The Morgan fingerprint density at radius 2 is 2.15 bits per heavy atom. The molecule has 2 fully saturated rings. The molecule has 2 aliphatic rings. The molecule has 2 aliphatic heterocycles. The maximum Gasteiger partial charge on any atom is 0.152 e. The molecule has 142 valence electrons. The van der Waals surface area contributed by atoms with E-state index in [0.29, 0.717) is 19.1 Å². The average Bonchev–Trinajstić information content (AvgIpc) is 3.09. The first-order valence-corrected chi connectivity index (χ1v) is 9.71. The van der Waals surface area contributed by atoms with Gasteiger partial charge in [-0.25, -0.2) is 4.98 Å². The SMILES string of the molecule is CN(C)c1nc([C@H]2CCCN(CC3(O)CCOCC3)C2)cn2cccc12. The molecule has 4 rings (SSSR count). The van der Waals surface area contributed by atoms with Gasteiger partial charge in [0.15, 0.2) is 5.82 Å². The van der Waals surface area contributed by atoms with Crippen LogP contribution < -0.4 is 4.90 Å². The summed E-state index contributed by atoms with van der Waals surface area (Å²) in [6, 6.07) is 4.18. The molecule has 0 aliphatic carbocycles. The van der Waals surface area contributed by atoms with E-state index >= 15 is 0 Å². The van der Waals surface area contributed by atoms with E-state index in [4.69, 9.17) is 9.72 Å². The van der Waals surface area contributed by atoms with Crippen molar-refractivity contribution in [3.8, 4) is 0 Å². The van der Waals surface area contributed by atoms with Gasteiger partial charge in [0.2, 0.25) is 0 Å². The van der Waals surface area contributed by atoms with Gasteiger partial charge in [-0.3, -0.25) is 4.90 Å². The summed E-state index contributed by atoms with van der Waals surface area (Å²) in [5, 5.41) is 10.9. The third-order valence-corrected chi connectivity index (χ3v) is 5.80. The average molecular weight is 358 g/mol. The number of β-amino-alcohol motifs (C(OH)–C–C–N with tert-alkyl or cyclic N) is 1. The zero-order valence-corrected chi connectivity index (χ0v) is 15.9. The van der Waals surface area contributed by atoms with Crippen molar-refractivity contribution < 1.29 is 9.84 Å². The standard InChI is InChI=1S/C20H30N4O2/c1-22(2)19-18-6-4-10-24(18)14-17(21-19)16-5-3-9-23(13-16)15-20(25)7-11-26-12-8-20/h4,6,10,14,16,25H,3,5,7-9,11-13,15H2,1-2H3/t16-/m0/s1. The lowest BCUT2D eigenvalue weighted by Gasteiger charge is -2.40. The fourth-order valence-corrected chi connectivity index (χ4v) is 4.34. The van der Waals surface area contributed by atoms with Crippen LogP contribution in [0, 0.1) is 0 Å². The summed E-state index contributed by atoms with van der Waals surface area (Å²) in [7, 11) is 4.10. The van der Waals surface area contributed by atoms with Gasteiger partial charge in [-0.2, -0.15) is 0 Å². The van der Waals surface area contributed by atoms with Crippen LogP contribution in [0.3, 0.4) is 0 Å². The monoisotopic (exact) mass is 358 g/mol. The first-order chi connectivity index (χ1) is 12.5. The largest absolute Gasteiger partial charge is 0.388 e. The maximum absolute atomic E-state index is 10.9. The molecule has 0 spiro atoms. The fraction of sp³-hybridized carbons (Fsp3) is 0.650. The van der Waals surface area contributed by atoms with E-state index in [-0.39, 0.29) is 0 Å². The number of hydrogen-bond donors (Lipinski definition) is 1. The summed E-state index contributed by atoms with van der Waals surface area (Å²) in [6.45, 7) is 4.12. The molecule has 0 radical (unpaired) electrons. The van der Waals surface area contributed by atoms with E-state index in [1.54, 1.807) is 0 Å². The zero-order chi connectivity index (χ0) is 18.1. The number of piperidine rings is 1. The second-order valence-electron chi connectivity index (χ2n) is 8.10. The topological polar surface area (TPSA) is 53.2 Å². The molecular weight excluding hydrogens is 328 g/mol. The summed E-state index contributed by atoms with van der Waals surface area (Å²) < 4.78 is 7.60. The summed E-state index contributed by atoms with van der Waals surface area (Å²) in [4.78, 5) is 9.51. The molecule has 0 aromatic carbocycles. The van der Waals surface area contributed by atoms with Crippen LogP contribution in [-0.2, 0) is 4.74 Å². The van der Waals surface area contributed by atoms with E-state index in [2.05, 4.69) is 38.7 Å². The molecule has 4 heterocycles. The number of rotatable bonds is 4. The molecule has 2 saturated heterocycles. The van der Waals surface area contributed by atoms with Gasteiger partial charge in [0.25, 0.3) is 0 Å². The van der Waals surface area contributed by atoms with E-state index in [0.717, 1.165) is 62.3 Å². The predicted octanol–water partition coefficient (Wildman–Crippen LogP) is 2.12. The molecule has 26 heavy (non-hydrogen) atoms. The van der Waals surface area contributed by atoms with Crippen LogP contribution in [-0.4, -0.2) is 71.9 Å². The van der Waals surface area contributed by atoms with Crippen molar-refractivity contribution in [1.29, 1.82) is 0 Å². The number of aromatic nitrogens is 2.